The van der Waals surface area contributed by atoms with Gasteiger partial charge in [0.05, 0.1) is 18.2 Å². The van der Waals surface area contributed by atoms with E-state index in [0.717, 1.165) is 15.8 Å². The third-order valence-electron chi connectivity index (χ3n) is 6.77. The van der Waals surface area contributed by atoms with Crippen LogP contribution in [0.4, 0.5) is 15.9 Å². The number of aryl methyl sites for hydroxylation is 2. The molecule has 0 atom stereocenters. The minimum absolute atomic E-state index is 0.0646. The van der Waals surface area contributed by atoms with Gasteiger partial charge in [0.15, 0.2) is 5.82 Å². The minimum atomic E-state index is -0.692. The highest BCUT2D eigenvalue weighted by Gasteiger charge is 2.21. The summed E-state index contributed by atoms with van der Waals surface area (Å²) in [5, 5.41) is 18.0. The van der Waals surface area contributed by atoms with Crippen LogP contribution < -0.4 is 16.4 Å². The monoisotopic (exact) mass is 540 g/mol. The molecule has 0 fully saturated rings. The number of aliphatic hydroxyl groups is 1. The number of hydrogen-bond donors (Lipinski definition) is 2. The average molecular weight is 541 g/mol. The van der Waals surface area contributed by atoms with E-state index in [2.05, 4.69) is 20.4 Å². The fourth-order valence-electron chi connectivity index (χ4n) is 4.54. The first-order chi connectivity index (χ1) is 19.0. The van der Waals surface area contributed by atoms with Crippen molar-refractivity contribution < 1.29 is 9.50 Å². The van der Waals surface area contributed by atoms with E-state index < -0.39 is 18.0 Å². The molecular weight excluding hydrogens is 511 g/mol. The summed E-state index contributed by atoms with van der Waals surface area (Å²) in [7, 11) is 1.62. The van der Waals surface area contributed by atoms with Crippen molar-refractivity contribution in [2.45, 2.75) is 39.7 Å². The van der Waals surface area contributed by atoms with Gasteiger partial charge in [0.25, 0.3) is 11.1 Å². The highest BCUT2D eigenvalue weighted by molar-refractivity contribution is 5.83. The molecule has 0 aliphatic carbocycles. The standard InChI is InChI=1S/C30H29FN6O3/c1-17-6-7-25(33-13-17)35-24-11-19(15-36(5)28(24)39)21-8-9-32-27(22(21)16-38)37-29(40)26-18(14-34-37)10-20(12-23(26)31)30(2,3)4/h6-15,38H,16H2,1-5H3,(H,33,35). The quantitative estimate of drug-likeness (QED) is 0.337. The molecule has 0 unspecified atom stereocenters. The van der Waals surface area contributed by atoms with Crippen LogP contribution in [0.15, 0.2) is 70.8 Å². The van der Waals surface area contributed by atoms with E-state index in [4.69, 9.17) is 0 Å². The van der Waals surface area contributed by atoms with E-state index in [1.807, 2.05) is 33.8 Å². The molecule has 40 heavy (non-hydrogen) atoms. The molecule has 4 aromatic heterocycles. The summed E-state index contributed by atoms with van der Waals surface area (Å²) in [6.45, 7) is 7.32. The molecule has 204 valence electrons. The highest BCUT2D eigenvalue weighted by Crippen LogP contribution is 2.30. The largest absolute Gasteiger partial charge is 0.392 e. The molecule has 9 nitrogen and oxygen atoms in total. The molecule has 0 saturated carbocycles. The first-order valence-electron chi connectivity index (χ1n) is 12.7. The zero-order chi connectivity index (χ0) is 28.8. The molecule has 0 saturated heterocycles. The van der Waals surface area contributed by atoms with Crippen LogP contribution >= 0.6 is 0 Å². The molecule has 1 aromatic carbocycles. The number of anilines is 2. The number of aliphatic hydroxyl groups excluding tert-OH is 1. The van der Waals surface area contributed by atoms with Gasteiger partial charge < -0.3 is 15.0 Å². The first kappa shape index (κ1) is 26.9. The summed E-state index contributed by atoms with van der Waals surface area (Å²) in [6.07, 6.45) is 6.21. The number of aromatic nitrogens is 5. The summed E-state index contributed by atoms with van der Waals surface area (Å²) in [6, 6.07) is 10.1. The van der Waals surface area contributed by atoms with Crippen LogP contribution in [0.2, 0.25) is 0 Å². The molecule has 5 rings (SSSR count). The molecule has 2 N–H and O–H groups in total. The summed E-state index contributed by atoms with van der Waals surface area (Å²) in [5.74, 6) is -0.0836. The van der Waals surface area contributed by atoms with E-state index in [9.17, 15) is 14.7 Å². The molecule has 5 aromatic rings. The predicted octanol–water partition coefficient (Wildman–Crippen LogP) is 4.52. The molecule has 0 bridgehead atoms. The summed E-state index contributed by atoms with van der Waals surface area (Å²) < 4.78 is 17.6. The molecule has 10 heteroatoms. The Bertz CT molecular complexity index is 1870. The van der Waals surface area contributed by atoms with Crippen LogP contribution in [-0.2, 0) is 19.1 Å². The lowest BCUT2D eigenvalue weighted by atomic mass is 9.86. The summed E-state index contributed by atoms with van der Waals surface area (Å²) in [5.41, 5.74) is 2.12. The number of nitrogens with one attached hydrogen (secondary N) is 1. The molecule has 0 aliphatic rings. The van der Waals surface area contributed by atoms with Gasteiger partial charge in [-0.2, -0.15) is 9.78 Å². The second-order valence-electron chi connectivity index (χ2n) is 10.8. The number of pyridine rings is 3. The van der Waals surface area contributed by atoms with Crippen molar-refractivity contribution in [3.63, 3.8) is 0 Å². The van der Waals surface area contributed by atoms with Crippen LogP contribution in [0.1, 0.15) is 37.5 Å². The Morgan fingerprint density at radius 3 is 2.48 bits per heavy atom. The first-order valence-corrected chi connectivity index (χ1v) is 12.7. The zero-order valence-electron chi connectivity index (χ0n) is 22.9. The third kappa shape index (κ3) is 4.89. The topological polar surface area (TPSA) is 115 Å². The summed E-state index contributed by atoms with van der Waals surface area (Å²) in [4.78, 5) is 35.0. The van der Waals surface area contributed by atoms with Gasteiger partial charge in [-0.3, -0.25) is 9.59 Å². The van der Waals surface area contributed by atoms with Gasteiger partial charge in [0.2, 0.25) is 0 Å². The van der Waals surface area contributed by atoms with Gasteiger partial charge in [-0.05, 0) is 59.4 Å². The second kappa shape index (κ2) is 10.1. The van der Waals surface area contributed by atoms with Gasteiger partial charge in [0, 0.05) is 42.2 Å². The molecule has 0 spiro atoms. The summed E-state index contributed by atoms with van der Waals surface area (Å²) >= 11 is 0. The maximum absolute atomic E-state index is 15.2. The van der Waals surface area contributed by atoms with Gasteiger partial charge >= 0.3 is 0 Å². The number of benzene rings is 1. The van der Waals surface area contributed by atoms with Crippen LogP contribution in [0.25, 0.3) is 27.7 Å². The zero-order valence-corrected chi connectivity index (χ0v) is 22.9. The van der Waals surface area contributed by atoms with Gasteiger partial charge in [-0.1, -0.05) is 26.8 Å². The Morgan fingerprint density at radius 2 is 1.80 bits per heavy atom. The molecule has 0 amide bonds. The van der Waals surface area contributed by atoms with Crippen molar-refractivity contribution in [2.24, 2.45) is 7.05 Å². The number of halogens is 1. The average Bonchev–Trinajstić information content (AvgIpc) is 2.91. The molecule has 0 aliphatic heterocycles. The Hall–Kier alpha value is -4.70. The molecule has 4 heterocycles. The van der Waals surface area contributed by atoms with Crippen molar-refractivity contribution in [1.82, 2.24) is 24.3 Å². The predicted molar refractivity (Wildman–Crippen MR) is 153 cm³/mol. The van der Waals surface area contributed by atoms with Crippen molar-refractivity contribution in [2.75, 3.05) is 5.32 Å². The number of hydrogen-bond acceptors (Lipinski definition) is 7. The van der Waals surface area contributed by atoms with Crippen LogP contribution in [0.5, 0.6) is 0 Å². The van der Waals surface area contributed by atoms with E-state index in [0.29, 0.717) is 27.9 Å². The van der Waals surface area contributed by atoms with Crippen molar-refractivity contribution in [3.05, 3.63) is 104 Å². The lowest BCUT2D eigenvalue weighted by Crippen LogP contribution is -2.25. The Morgan fingerprint density at radius 1 is 1.02 bits per heavy atom. The van der Waals surface area contributed by atoms with Crippen molar-refractivity contribution in [3.8, 4) is 16.9 Å². The van der Waals surface area contributed by atoms with E-state index >= 15 is 4.39 Å². The van der Waals surface area contributed by atoms with E-state index in [1.54, 1.807) is 43.7 Å². The third-order valence-corrected chi connectivity index (χ3v) is 6.77. The minimum Gasteiger partial charge on any atom is -0.392 e. The van der Waals surface area contributed by atoms with Crippen molar-refractivity contribution in [1.29, 1.82) is 0 Å². The maximum atomic E-state index is 15.2. The van der Waals surface area contributed by atoms with Gasteiger partial charge in [0.1, 0.15) is 17.3 Å². The normalized spacial score (nSPS) is 11.7. The second-order valence-corrected chi connectivity index (χ2v) is 10.8. The maximum Gasteiger partial charge on any atom is 0.283 e. The number of fused-ring (bicyclic) bond motifs is 1. The van der Waals surface area contributed by atoms with Crippen LogP contribution in [0.3, 0.4) is 0 Å². The van der Waals surface area contributed by atoms with E-state index in [-0.39, 0.29) is 27.9 Å². The van der Waals surface area contributed by atoms with Crippen LogP contribution in [0, 0.1) is 12.7 Å². The number of nitrogens with zero attached hydrogens (tertiary/aromatic N) is 5. The Kier molecular flexibility index (Phi) is 6.80. The molecular formula is C30H29FN6O3. The van der Waals surface area contributed by atoms with Crippen molar-refractivity contribution >= 4 is 22.3 Å². The fraction of sp³-hybridized carbons (Fsp3) is 0.233. The van der Waals surface area contributed by atoms with Gasteiger partial charge in [-0.25, -0.2) is 14.4 Å². The lowest BCUT2D eigenvalue weighted by Gasteiger charge is -2.20. The molecule has 0 radical (unpaired) electrons. The van der Waals surface area contributed by atoms with Crippen LogP contribution in [-0.4, -0.2) is 29.4 Å². The van der Waals surface area contributed by atoms with Gasteiger partial charge in [-0.15, -0.1) is 0 Å². The Labute approximate surface area is 229 Å². The van der Waals surface area contributed by atoms with E-state index in [1.165, 1.54) is 23.0 Å². The highest BCUT2D eigenvalue weighted by atomic mass is 19.1. The number of rotatable bonds is 5. The fourth-order valence-corrected chi connectivity index (χ4v) is 4.54. The lowest BCUT2D eigenvalue weighted by molar-refractivity contribution is 0.281. The SMILES string of the molecule is Cc1ccc(Nc2cc(-c3ccnc(-n4ncc5cc(C(C)(C)C)cc(F)c5c4=O)c3CO)cn(C)c2=O)nc1. The Balaban J connectivity index is 1.65. The smallest absolute Gasteiger partial charge is 0.283 e.